The lowest BCUT2D eigenvalue weighted by Gasteiger charge is -2.41. The highest BCUT2D eigenvalue weighted by Gasteiger charge is 2.55. The smallest absolute Gasteiger partial charge is 0.217 e. The number of aliphatic imine (C=N–C) groups is 1. The molecule has 56 heavy (non-hydrogen) atoms. The molecule has 0 unspecified atom stereocenters. The highest BCUT2D eigenvalue weighted by molar-refractivity contribution is 5.98. The van der Waals surface area contributed by atoms with Gasteiger partial charge in [-0.05, 0) is 139 Å². The Bertz CT molecular complexity index is 2350. The average Bonchev–Trinajstić information content (AvgIpc) is 3.57. The second kappa shape index (κ2) is 13.4. The molecule has 0 spiro atoms. The predicted molar refractivity (Wildman–Crippen MR) is 233 cm³/mol. The van der Waals surface area contributed by atoms with Crippen molar-refractivity contribution in [2.24, 2.45) is 4.99 Å². The Balaban J connectivity index is 1.27. The molecule has 3 heterocycles. The minimum absolute atomic E-state index is 0.0256. The number of nitrogens with zero attached hydrogens (tertiary/aromatic N) is 3. The molecule has 5 aromatic rings. The molecule has 5 heteroatoms. The molecule has 3 aliphatic rings. The third-order valence-corrected chi connectivity index (χ3v) is 12.9. The van der Waals surface area contributed by atoms with E-state index < -0.39 is 0 Å². The Morgan fingerprint density at radius 1 is 0.750 bits per heavy atom. The summed E-state index contributed by atoms with van der Waals surface area (Å²) in [6.45, 7) is 27.2. The molecule has 0 bridgehead atoms. The van der Waals surface area contributed by atoms with Crippen LogP contribution in [0.15, 0.2) is 96.1 Å². The maximum Gasteiger partial charge on any atom is 0.217 e. The SMILES string of the molecule is Cc1cc(Oc2cc(C3=N[C@]4(C)CCC[C@]4(C)O3)cc(-c3c(C(C)C)cccc3C(C)C)c2)cc(N2c3ccc(C(C)(C)C)cc3C(C)(C)c3cccnc32)c1. The average molecular weight is 746 g/mol. The van der Waals surface area contributed by atoms with Crippen molar-refractivity contribution in [2.45, 2.75) is 136 Å². The molecule has 1 fully saturated rings. The van der Waals surface area contributed by atoms with Crippen LogP contribution in [0, 0.1) is 6.92 Å². The number of hydrogen-bond acceptors (Lipinski definition) is 5. The molecular weight excluding hydrogens is 687 g/mol. The second-order valence-electron chi connectivity index (χ2n) is 19.2. The van der Waals surface area contributed by atoms with Crippen molar-refractivity contribution in [1.82, 2.24) is 4.98 Å². The lowest BCUT2D eigenvalue weighted by Crippen LogP contribution is -2.41. The van der Waals surface area contributed by atoms with Crippen LogP contribution in [0.2, 0.25) is 0 Å². The van der Waals surface area contributed by atoms with Gasteiger partial charge in [-0.1, -0.05) is 98.7 Å². The summed E-state index contributed by atoms with van der Waals surface area (Å²) < 4.78 is 13.8. The van der Waals surface area contributed by atoms with Crippen LogP contribution in [0.3, 0.4) is 0 Å². The number of anilines is 3. The van der Waals surface area contributed by atoms with E-state index in [1.54, 1.807) is 0 Å². The van der Waals surface area contributed by atoms with Crippen LogP contribution < -0.4 is 9.64 Å². The van der Waals surface area contributed by atoms with E-state index in [1.165, 1.54) is 33.4 Å². The van der Waals surface area contributed by atoms with Gasteiger partial charge in [-0.25, -0.2) is 9.98 Å². The molecule has 0 N–H and O–H groups in total. The van der Waals surface area contributed by atoms with Crippen molar-refractivity contribution in [3.63, 3.8) is 0 Å². The van der Waals surface area contributed by atoms with Gasteiger partial charge in [0.2, 0.25) is 5.90 Å². The Labute approximate surface area is 335 Å². The molecule has 0 saturated heterocycles. The lowest BCUT2D eigenvalue weighted by atomic mass is 9.72. The highest BCUT2D eigenvalue weighted by atomic mass is 16.5. The summed E-state index contributed by atoms with van der Waals surface area (Å²) in [4.78, 5) is 12.7. The number of aromatic nitrogens is 1. The minimum Gasteiger partial charge on any atom is -0.469 e. The van der Waals surface area contributed by atoms with Gasteiger partial charge in [-0.3, -0.25) is 4.90 Å². The zero-order valence-corrected chi connectivity index (χ0v) is 35.6. The van der Waals surface area contributed by atoms with Gasteiger partial charge in [0.1, 0.15) is 28.5 Å². The zero-order chi connectivity index (χ0) is 39.9. The van der Waals surface area contributed by atoms with Gasteiger partial charge in [0.25, 0.3) is 0 Å². The van der Waals surface area contributed by atoms with Gasteiger partial charge < -0.3 is 9.47 Å². The largest absolute Gasteiger partial charge is 0.469 e. The van der Waals surface area contributed by atoms with Crippen molar-refractivity contribution in [3.05, 3.63) is 130 Å². The third kappa shape index (κ3) is 6.32. The van der Waals surface area contributed by atoms with Gasteiger partial charge in [-0.15, -0.1) is 0 Å². The molecule has 1 aromatic heterocycles. The maximum absolute atomic E-state index is 7.02. The van der Waals surface area contributed by atoms with Gasteiger partial charge in [0, 0.05) is 28.8 Å². The van der Waals surface area contributed by atoms with E-state index in [2.05, 4.69) is 173 Å². The van der Waals surface area contributed by atoms with Crippen molar-refractivity contribution in [1.29, 1.82) is 0 Å². The Kier molecular flexibility index (Phi) is 9.06. The van der Waals surface area contributed by atoms with Crippen molar-refractivity contribution in [3.8, 4) is 22.6 Å². The summed E-state index contributed by atoms with van der Waals surface area (Å²) >= 11 is 0. The molecule has 2 atom stereocenters. The predicted octanol–water partition coefficient (Wildman–Crippen LogP) is 14.0. The number of fused-ring (bicyclic) bond motifs is 3. The molecule has 8 rings (SSSR count). The van der Waals surface area contributed by atoms with E-state index in [0.29, 0.717) is 17.7 Å². The van der Waals surface area contributed by atoms with Crippen LogP contribution in [-0.4, -0.2) is 22.0 Å². The van der Waals surface area contributed by atoms with Crippen molar-refractivity contribution >= 4 is 23.1 Å². The summed E-state index contributed by atoms with van der Waals surface area (Å²) in [5, 5.41) is 0. The van der Waals surface area contributed by atoms with Crippen LogP contribution in [0.4, 0.5) is 17.2 Å². The molecular formula is C51H59N3O2. The number of ether oxygens (including phenoxy) is 2. The fraction of sp³-hybridized carbons (Fsp3) is 0.412. The normalized spacial score (nSPS) is 21.1. The fourth-order valence-corrected chi connectivity index (χ4v) is 9.37. The first-order valence-corrected chi connectivity index (χ1v) is 20.7. The summed E-state index contributed by atoms with van der Waals surface area (Å²) in [7, 11) is 0. The minimum atomic E-state index is -0.305. The number of aryl methyl sites for hydroxylation is 1. The topological polar surface area (TPSA) is 47.0 Å². The third-order valence-electron chi connectivity index (χ3n) is 12.9. The van der Waals surface area contributed by atoms with Crippen molar-refractivity contribution < 1.29 is 9.47 Å². The fourth-order valence-electron chi connectivity index (χ4n) is 9.37. The summed E-state index contributed by atoms with van der Waals surface area (Å²) in [6.07, 6.45) is 5.07. The first kappa shape index (κ1) is 38.0. The van der Waals surface area contributed by atoms with Gasteiger partial charge in [-0.2, -0.15) is 0 Å². The van der Waals surface area contributed by atoms with E-state index in [9.17, 15) is 0 Å². The van der Waals surface area contributed by atoms with Crippen LogP contribution in [0.5, 0.6) is 11.5 Å². The van der Waals surface area contributed by atoms with E-state index in [4.69, 9.17) is 19.5 Å². The second-order valence-corrected chi connectivity index (χ2v) is 19.2. The van der Waals surface area contributed by atoms with Crippen LogP contribution in [0.25, 0.3) is 11.1 Å². The molecule has 2 aliphatic heterocycles. The molecule has 4 aromatic carbocycles. The Hall–Kier alpha value is -4.90. The summed E-state index contributed by atoms with van der Waals surface area (Å²) in [5.41, 5.74) is 12.3. The molecule has 290 valence electrons. The first-order chi connectivity index (χ1) is 26.4. The zero-order valence-electron chi connectivity index (χ0n) is 35.6. The van der Waals surface area contributed by atoms with Crippen LogP contribution >= 0.6 is 0 Å². The van der Waals surface area contributed by atoms with E-state index >= 15 is 0 Å². The monoisotopic (exact) mass is 745 g/mol. The lowest BCUT2D eigenvalue weighted by molar-refractivity contribution is 0.0580. The number of hydrogen-bond donors (Lipinski definition) is 0. The number of pyridine rings is 1. The molecule has 0 amide bonds. The highest BCUT2D eigenvalue weighted by Crippen LogP contribution is 2.53. The van der Waals surface area contributed by atoms with Crippen LogP contribution in [0.1, 0.15) is 146 Å². The molecule has 5 nitrogen and oxygen atoms in total. The summed E-state index contributed by atoms with van der Waals surface area (Å²) in [6, 6.07) is 31.1. The molecule has 1 saturated carbocycles. The van der Waals surface area contributed by atoms with Gasteiger partial charge in [0.15, 0.2) is 0 Å². The maximum atomic E-state index is 7.02. The van der Waals surface area contributed by atoms with Crippen LogP contribution in [-0.2, 0) is 15.6 Å². The summed E-state index contributed by atoms with van der Waals surface area (Å²) in [5.74, 6) is 3.89. The first-order valence-electron chi connectivity index (χ1n) is 20.7. The van der Waals surface area contributed by atoms with Gasteiger partial charge >= 0.3 is 0 Å². The number of rotatable bonds is 7. The van der Waals surface area contributed by atoms with E-state index in [0.717, 1.165) is 64.6 Å². The van der Waals surface area contributed by atoms with E-state index in [1.807, 2.05) is 6.20 Å². The molecule has 1 aliphatic carbocycles. The number of benzene rings is 4. The van der Waals surface area contributed by atoms with Gasteiger partial charge in [0.05, 0.1) is 11.4 Å². The van der Waals surface area contributed by atoms with Crippen molar-refractivity contribution in [2.75, 3.05) is 4.90 Å². The Morgan fingerprint density at radius 2 is 1.45 bits per heavy atom. The Morgan fingerprint density at radius 3 is 2.12 bits per heavy atom. The van der Waals surface area contributed by atoms with E-state index in [-0.39, 0.29) is 22.0 Å². The molecule has 0 radical (unpaired) electrons. The standard InChI is InChI=1S/C51H59N3O2/c1-31(2)40-16-13-17-41(32(3)4)45(40)34-26-35(47-53-50(11)21-15-22-51(50,12)56-47)28-39(27-34)55-38-25-33(5)24-37(30-38)54-44-20-19-36(48(6,7)8)29-43(44)49(9,10)42-18-14-23-52-46(42)54/h13-14,16-20,23-32H,15,21-22H2,1-12H3/t50-,51+/m1/s1. The quantitative estimate of drug-likeness (QED) is 0.166.